The fourth-order valence-corrected chi connectivity index (χ4v) is 3.15. The molecule has 0 aliphatic carbocycles. The summed E-state index contributed by atoms with van der Waals surface area (Å²) in [6.45, 7) is 10.2. The number of phenols is 1. The van der Waals surface area contributed by atoms with Gasteiger partial charge in [-0.2, -0.15) is 0 Å². The van der Waals surface area contributed by atoms with Gasteiger partial charge in [-0.05, 0) is 23.5 Å². The quantitative estimate of drug-likeness (QED) is 0.656. The Morgan fingerprint density at radius 3 is 2.23 bits per heavy atom. The summed E-state index contributed by atoms with van der Waals surface area (Å²) in [7, 11) is 0. The van der Waals surface area contributed by atoms with Crippen LogP contribution in [-0.4, -0.2) is 11.1 Å². The third-order valence-corrected chi connectivity index (χ3v) is 3.92. The smallest absolute Gasteiger partial charge is 0.315 e. The second-order valence-electron chi connectivity index (χ2n) is 7.14. The van der Waals surface area contributed by atoms with Gasteiger partial charge in [-0.15, -0.1) is 0 Å². The first-order chi connectivity index (χ1) is 10.2. The molecule has 0 aliphatic rings. The summed E-state index contributed by atoms with van der Waals surface area (Å²) in [5.41, 5.74) is -0.169. The van der Waals surface area contributed by atoms with Crippen molar-refractivity contribution in [1.29, 1.82) is 0 Å². The Morgan fingerprint density at radius 2 is 1.64 bits per heavy atom. The van der Waals surface area contributed by atoms with Crippen molar-refractivity contribution >= 4 is 16.7 Å². The minimum Gasteiger partial charge on any atom is -0.507 e. The van der Waals surface area contributed by atoms with Crippen LogP contribution in [-0.2, 0) is 4.79 Å². The molecule has 3 heteroatoms. The molecule has 2 rings (SSSR count). The molecule has 2 aromatic carbocycles. The zero-order chi connectivity index (χ0) is 16.5. The van der Waals surface area contributed by atoms with Gasteiger partial charge in [0.1, 0.15) is 11.5 Å². The highest BCUT2D eigenvalue weighted by Gasteiger charge is 2.35. The van der Waals surface area contributed by atoms with E-state index in [-0.39, 0.29) is 29.0 Å². The first-order valence-corrected chi connectivity index (χ1v) is 7.64. The van der Waals surface area contributed by atoms with Crippen molar-refractivity contribution in [3.63, 3.8) is 0 Å². The first kappa shape index (κ1) is 16.3. The maximum Gasteiger partial charge on any atom is 0.315 e. The van der Waals surface area contributed by atoms with Crippen LogP contribution >= 0.6 is 0 Å². The van der Waals surface area contributed by atoms with Crippen LogP contribution < -0.4 is 4.74 Å². The van der Waals surface area contributed by atoms with E-state index in [1.165, 1.54) is 0 Å². The zero-order valence-corrected chi connectivity index (χ0v) is 13.9. The van der Waals surface area contributed by atoms with Crippen LogP contribution in [0, 0.1) is 17.3 Å². The highest BCUT2D eigenvalue weighted by atomic mass is 16.5. The number of rotatable bonds is 3. The predicted molar refractivity (Wildman–Crippen MR) is 89.0 cm³/mol. The molecule has 0 saturated heterocycles. The van der Waals surface area contributed by atoms with E-state index in [4.69, 9.17) is 4.74 Å². The van der Waals surface area contributed by atoms with Gasteiger partial charge in [0, 0.05) is 10.8 Å². The maximum absolute atomic E-state index is 12.6. The lowest BCUT2D eigenvalue weighted by Gasteiger charge is -2.31. The highest BCUT2D eigenvalue weighted by molar-refractivity contribution is 5.94. The lowest BCUT2D eigenvalue weighted by Crippen LogP contribution is -2.35. The maximum atomic E-state index is 12.6. The van der Waals surface area contributed by atoms with Gasteiger partial charge in [0.2, 0.25) is 0 Å². The molecule has 0 saturated carbocycles. The summed E-state index contributed by atoms with van der Waals surface area (Å²) >= 11 is 0. The van der Waals surface area contributed by atoms with Crippen LogP contribution in [0.25, 0.3) is 10.8 Å². The number of phenolic OH excluding ortho intramolecular Hbond substituents is 1. The second kappa shape index (κ2) is 5.99. The van der Waals surface area contributed by atoms with Crippen LogP contribution in [0.3, 0.4) is 0 Å². The number of hydrogen-bond donors (Lipinski definition) is 1. The fourth-order valence-electron chi connectivity index (χ4n) is 3.15. The second-order valence-corrected chi connectivity index (χ2v) is 7.14. The van der Waals surface area contributed by atoms with Crippen LogP contribution in [0.5, 0.6) is 11.5 Å². The normalized spacial score (nSPS) is 13.4. The van der Waals surface area contributed by atoms with Crippen molar-refractivity contribution in [2.45, 2.75) is 34.6 Å². The number of ether oxygens (including phenoxy) is 1. The fraction of sp³-hybridized carbons (Fsp3) is 0.421. The molecule has 0 radical (unpaired) electrons. The Bertz CT molecular complexity index is 681. The van der Waals surface area contributed by atoms with E-state index in [9.17, 15) is 9.90 Å². The highest BCUT2D eigenvalue weighted by Crippen LogP contribution is 2.36. The standard InChI is InChI=1S/C19H24O3/c1-12(2)17(19(3,4)5)18(21)22-16-11-7-8-13-14(16)9-6-10-15(13)20/h6-12,17,20H,1-5H3. The van der Waals surface area contributed by atoms with Crippen molar-refractivity contribution in [3.05, 3.63) is 36.4 Å². The van der Waals surface area contributed by atoms with E-state index < -0.39 is 0 Å². The average molecular weight is 300 g/mol. The summed E-state index contributed by atoms with van der Waals surface area (Å²) in [6, 6.07) is 10.6. The number of fused-ring (bicyclic) bond motifs is 1. The topological polar surface area (TPSA) is 46.5 Å². The largest absolute Gasteiger partial charge is 0.507 e. The summed E-state index contributed by atoms with van der Waals surface area (Å²) in [4.78, 5) is 12.6. The van der Waals surface area contributed by atoms with E-state index in [0.29, 0.717) is 11.1 Å². The van der Waals surface area contributed by atoms with Crippen molar-refractivity contribution in [1.82, 2.24) is 0 Å². The van der Waals surface area contributed by atoms with E-state index in [2.05, 4.69) is 0 Å². The average Bonchev–Trinajstić information content (AvgIpc) is 2.37. The zero-order valence-electron chi connectivity index (χ0n) is 13.9. The molecule has 2 aromatic rings. The van der Waals surface area contributed by atoms with E-state index in [0.717, 1.165) is 5.39 Å². The molecule has 118 valence electrons. The molecule has 3 nitrogen and oxygen atoms in total. The third kappa shape index (κ3) is 3.24. The number of carbonyl (C=O) groups is 1. The van der Waals surface area contributed by atoms with Gasteiger partial charge in [0.15, 0.2) is 0 Å². The molecule has 1 atom stereocenters. The number of hydrogen-bond acceptors (Lipinski definition) is 3. The Morgan fingerprint density at radius 1 is 1.05 bits per heavy atom. The van der Waals surface area contributed by atoms with Crippen molar-refractivity contribution in [3.8, 4) is 11.5 Å². The minimum absolute atomic E-state index is 0.169. The summed E-state index contributed by atoms with van der Waals surface area (Å²) in [5, 5.41) is 11.3. The van der Waals surface area contributed by atoms with Crippen molar-refractivity contribution in [2.75, 3.05) is 0 Å². The Kier molecular flexibility index (Phi) is 4.45. The molecule has 0 aliphatic heterocycles. The molecule has 1 N–H and O–H groups in total. The molecule has 0 aromatic heterocycles. The Labute approximate surface area is 131 Å². The molecule has 0 fully saturated rings. The molecular formula is C19H24O3. The van der Waals surface area contributed by atoms with Crippen molar-refractivity contribution in [2.24, 2.45) is 17.3 Å². The van der Waals surface area contributed by atoms with Crippen molar-refractivity contribution < 1.29 is 14.6 Å². The lowest BCUT2D eigenvalue weighted by molar-refractivity contribution is -0.144. The first-order valence-electron chi connectivity index (χ1n) is 7.64. The van der Waals surface area contributed by atoms with Gasteiger partial charge in [0.05, 0.1) is 5.92 Å². The minimum atomic E-state index is -0.224. The molecule has 22 heavy (non-hydrogen) atoms. The molecule has 0 amide bonds. The van der Waals surface area contributed by atoms with Crippen LogP contribution in [0.2, 0.25) is 0 Å². The number of carbonyl (C=O) groups excluding carboxylic acids is 1. The lowest BCUT2D eigenvalue weighted by atomic mass is 9.74. The summed E-state index contributed by atoms with van der Waals surface area (Å²) in [6.07, 6.45) is 0. The van der Waals surface area contributed by atoms with Gasteiger partial charge in [-0.1, -0.05) is 58.9 Å². The molecule has 0 spiro atoms. The Hall–Kier alpha value is -2.03. The third-order valence-electron chi connectivity index (χ3n) is 3.92. The van der Waals surface area contributed by atoms with Gasteiger partial charge >= 0.3 is 5.97 Å². The van der Waals surface area contributed by atoms with E-state index in [1.54, 1.807) is 24.3 Å². The molecular weight excluding hydrogens is 276 g/mol. The van der Waals surface area contributed by atoms with Gasteiger partial charge in [-0.3, -0.25) is 4.79 Å². The summed E-state index contributed by atoms with van der Waals surface area (Å²) in [5.74, 6) is 0.453. The van der Waals surface area contributed by atoms with Gasteiger partial charge < -0.3 is 9.84 Å². The van der Waals surface area contributed by atoms with E-state index >= 15 is 0 Å². The summed E-state index contributed by atoms with van der Waals surface area (Å²) < 4.78 is 5.68. The molecule has 1 unspecified atom stereocenters. The Balaban J connectivity index is 2.38. The van der Waals surface area contributed by atoms with Gasteiger partial charge in [0.25, 0.3) is 0 Å². The monoisotopic (exact) mass is 300 g/mol. The van der Waals surface area contributed by atoms with Crippen LogP contribution in [0.4, 0.5) is 0 Å². The molecule has 0 bridgehead atoms. The number of benzene rings is 2. The SMILES string of the molecule is CC(C)C(C(=O)Oc1cccc2c(O)cccc12)C(C)(C)C. The molecule has 0 heterocycles. The number of aromatic hydroxyl groups is 1. The van der Waals surface area contributed by atoms with Gasteiger partial charge in [-0.25, -0.2) is 0 Å². The predicted octanol–water partition coefficient (Wildman–Crippen LogP) is 4.77. The number of esters is 1. The van der Waals surface area contributed by atoms with Crippen LogP contribution in [0.15, 0.2) is 36.4 Å². The van der Waals surface area contributed by atoms with Crippen LogP contribution in [0.1, 0.15) is 34.6 Å². The van der Waals surface area contributed by atoms with E-state index in [1.807, 2.05) is 46.8 Å².